The van der Waals surface area contributed by atoms with Crippen molar-refractivity contribution < 1.29 is 9.59 Å². The molecular formula is C23H26Cl2N2O2. The number of carbonyl (C=O) groups excluding carboxylic acids is 2. The molecule has 2 amide bonds. The summed E-state index contributed by atoms with van der Waals surface area (Å²) in [6.07, 6.45) is 4.46. The largest absolute Gasteiger partial charge is 0.352 e. The second-order valence-electron chi connectivity index (χ2n) is 7.55. The summed E-state index contributed by atoms with van der Waals surface area (Å²) in [5.41, 5.74) is 1.55. The number of hydrogen-bond acceptors (Lipinski definition) is 2. The standard InChI is InChI=1S/C23H26Cl2N2O2/c1-16(23(29)26-18-10-5-6-11-18)27(15-19-20(24)12-7-13-21(19)25)22(28)14-17-8-3-2-4-9-17/h2-4,7-9,12-13,16,18H,5-6,10-11,14-15H2,1H3,(H,26,29)/t16-/m1/s1. The van der Waals surface area contributed by atoms with Gasteiger partial charge in [0.2, 0.25) is 11.8 Å². The molecule has 0 saturated heterocycles. The Labute approximate surface area is 182 Å². The molecule has 4 nitrogen and oxygen atoms in total. The van der Waals surface area contributed by atoms with Crippen LogP contribution in [0.3, 0.4) is 0 Å². The summed E-state index contributed by atoms with van der Waals surface area (Å²) in [6, 6.07) is 14.3. The van der Waals surface area contributed by atoms with Crippen LogP contribution in [0.5, 0.6) is 0 Å². The van der Waals surface area contributed by atoms with Crippen molar-refractivity contribution in [2.24, 2.45) is 0 Å². The SMILES string of the molecule is C[C@H](C(=O)NC1CCCC1)N(Cc1c(Cl)cccc1Cl)C(=O)Cc1ccccc1. The van der Waals surface area contributed by atoms with Gasteiger partial charge in [-0.25, -0.2) is 0 Å². The highest BCUT2D eigenvalue weighted by molar-refractivity contribution is 6.36. The van der Waals surface area contributed by atoms with Gasteiger partial charge >= 0.3 is 0 Å². The first-order valence-corrected chi connectivity index (χ1v) is 10.8. The number of rotatable bonds is 7. The summed E-state index contributed by atoms with van der Waals surface area (Å²) in [4.78, 5) is 27.6. The van der Waals surface area contributed by atoms with Crippen LogP contribution in [0.1, 0.15) is 43.7 Å². The maximum absolute atomic E-state index is 13.2. The summed E-state index contributed by atoms with van der Waals surface area (Å²) >= 11 is 12.7. The van der Waals surface area contributed by atoms with Crippen molar-refractivity contribution in [3.63, 3.8) is 0 Å². The molecule has 29 heavy (non-hydrogen) atoms. The normalized spacial score (nSPS) is 15.1. The van der Waals surface area contributed by atoms with Gasteiger partial charge in [-0.15, -0.1) is 0 Å². The number of halogens is 2. The van der Waals surface area contributed by atoms with Gasteiger partial charge in [0.05, 0.1) is 6.42 Å². The van der Waals surface area contributed by atoms with Crippen molar-refractivity contribution in [1.82, 2.24) is 10.2 Å². The fourth-order valence-electron chi connectivity index (χ4n) is 3.70. The van der Waals surface area contributed by atoms with E-state index in [0.717, 1.165) is 31.2 Å². The van der Waals surface area contributed by atoms with Crippen molar-refractivity contribution in [2.45, 2.75) is 57.7 Å². The molecule has 0 heterocycles. The van der Waals surface area contributed by atoms with Crippen LogP contribution in [0.4, 0.5) is 0 Å². The van der Waals surface area contributed by atoms with E-state index in [0.29, 0.717) is 15.6 Å². The zero-order valence-electron chi connectivity index (χ0n) is 16.5. The predicted octanol–water partition coefficient (Wildman–Crippen LogP) is 5.01. The molecule has 1 N–H and O–H groups in total. The van der Waals surface area contributed by atoms with Crippen LogP contribution in [0.15, 0.2) is 48.5 Å². The van der Waals surface area contributed by atoms with Crippen molar-refractivity contribution in [3.8, 4) is 0 Å². The Morgan fingerprint density at radius 1 is 1.03 bits per heavy atom. The molecule has 1 aliphatic rings. The maximum atomic E-state index is 13.2. The Morgan fingerprint density at radius 3 is 2.28 bits per heavy atom. The van der Waals surface area contributed by atoms with E-state index >= 15 is 0 Å². The van der Waals surface area contributed by atoms with Crippen molar-refractivity contribution in [1.29, 1.82) is 0 Å². The van der Waals surface area contributed by atoms with E-state index in [9.17, 15) is 9.59 Å². The average Bonchev–Trinajstić information content (AvgIpc) is 3.21. The maximum Gasteiger partial charge on any atom is 0.242 e. The van der Waals surface area contributed by atoms with Gasteiger partial charge in [-0.2, -0.15) is 0 Å². The topological polar surface area (TPSA) is 49.4 Å². The predicted molar refractivity (Wildman–Crippen MR) is 117 cm³/mol. The Hall–Kier alpha value is -2.04. The zero-order valence-corrected chi connectivity index (χ0v) is 18.0. The summed E-state index contributed by atoms with van der Waals surface area (Å²) < 4.78 is 0. The lowest BCUT2D eigenvalue weighted by Crippen LogP contribution is -2.50. The summed E-state index contributed by atoms with van der Waals surface area (Å²) in [7, 11) is 0. The fourth-order valence-corrected chi connectivity index (χ4v) is 4.22. The van der Waals surface area contributed by atoms with E-state index in [2.05, 4.69) is 5.32 Å². The highest BCUT2D eigenvalue weighted by Crippen LogP contribution is 2.27. The number of benzene rings is 2. The molecule has 0 bridgehead atoms. The molecule has 2 aromatic carbocycles. The first kappa shape index (κ1) is 21.7. The molecule has 0 unspecified atom stereocenters. The van der Waals surface area contributed by atoms with Crippen molar-refractivity contribution in [2.75, 3.05) is 0 Å². The lowest BCUT2D eigenvalue weighted by molar-refractivity contribution is -0.140. The Bertz CT molecular complexity index is 831. The van der Waals surface area contributed by atoms with Crippen LogP contribution < -0.4 is 5.32 Å². The number of amides is 2. The molecule has 2 aromatic rings. The van der Waals surface area contributed by atoms with E-state index in [1.54, 1.807) is 30.0 Å². The smallest absolute Gasteiger partial charge is 0.242 e. The van der Waals surface area contributed by atoms with Gasteiger partial charge < -0.3 is 10.2 Å². The molecule has 1 saturated carbocycles. The van der Waals surface area contributed by atoms with Gasteiger partial charge in [0.1, 0.15) is 6.04 Å². The monoisotopic (exact) mass is 432 g/mol. The second-order valence-corrected chi connectivity index (χ2v) is 8.36. The minimum absolute atomic E-state index is 0.138. The first-order valence-electron chi connectivity index (χ1n) is 10.0. The van der Waals surface area contributed by atoms with E-state index in [1.807, 2.05) is 30.3 Å². The minimum atomic E-state index is -0.626. The molecule has 0 aromatic heterocycles. The highest BCUT2D eigenvalue weighted by Gasteiger charge is 2.29. The summed E-state index contributed by atoms with van der Waals surface area (Å²) in [5.74, 6) is -0.275. The summed E-state index contributed by atoms with van der Waals surface area (Å²) in [6.45, 7) is 1.95. The van der Waals surface area contributed by atoms with Crippen LogP contribution in [0.25, 0.3) is 0 Å². The van der Waals surface area contributed by atoms with E-state index in [1.165, 1.54) is 0 Å². The van der Waals surface area contributed by atoms with E-state index in [-0.39, 0.29) is 30.8 Å². The van der Waals surface area contributed by atoms with Gasteiger partial charge in [0, 0.05) is 28.2 Å². The number of carbonyl (C=O) groups is 2. The number of hydrogen-bond donors (Lipinski definition) is 1. The molecule has 6 heteroatoms. The molecule has 1 aliphatic carbocycles. The number of nitrogens with zero attached hydrogens (tertiary/aromatic N) is 1. The van der Waals surface area contributed by atoms with E-state index in [4.69, 9.17) is 23.2 Å². The molecule has 0 spiro atoms. The molecule has 1 fully saturated rings. The average molecular weight is 433 g/mol. The van der Waals surface area contributed by atoms with Gasteiger partial charge in [-0.05, 0) is 37.5 Å². The zero-order chi connectivity index (χ0) is 20.8. The van der Waals surface area contributed by atoms with Crippen molar-refractivity contribution >= 4 is 35.0 Å². The Kier molecular flexibility index (Phi) is 7.57. The van der Waals surface area contributed by atoms with Crippen LogP contribution >= 0.6 is 23.2 Å². The first-order chi connectivity index (χ1) is 14.0. The van der Waals surface area contributed by atoms with Crippen molar-refractivity contribution in [3.05, 3.63) is 69.7 Å². The van der Waals surface area contributed by atoms with E-state index < -0.39 is 6.04 Å². The minimum Gasteiger partial charge on any atom is -0.352 e. The third kappa shape index (κ3) is 5.74. The summed E-state index contributed by atoms with van der Waals surface area (Å²) in [5, 5.41) is 4.06. The van der Waals surface area contributed by atoms with Crippen LogP contribution in [-0.2, 0) is 22.6 Å². The lowest BCUT2D eigenvalue weighted by atomic mass is 10.1. The van der Waals surface area contributed by atoms with Gasteiger partial charge in [0.15, 0.2) is 0 Å². The molecule has 3 rings (SSSR count). The van der Waals surface area contributed by atoms with Gasteiger partial charge in [-0.1, -0.05) is 72.4 Å². The third-order valence-electron chi connectivity index (χ3n) is 5.46. The van der Waals surface area contributed by atoms with Gasteiger partial charge in [-0.3, -0.25) is 9.59 Å². The van der Waals surface area contributed by atoms with Crippen LogP contribution in [0.2, 0.25) is 10.0 Å². The second kappa shape index (κ2) is 10.1. The van der Waals surface area contributed by atoms with Crippen LogP contribution in [0, 0.1) is 0 Å². The van der Waals surface area contributed by atoms with Crippen LogP contribution in [-0.4, -0.2) is 28.8 Å². The molecular weight excluding hydrogens is 407 g/mol. The number of nitrogens with one attached hydrogen (secondary N) is 1. The molecule has 1 atom stereocenters. The molecule has 0 radical (unpaired) electrons. The molecule has 154 valence electrons. The quantitative estimate of drug-likeness (QED) is 0.667. The van der Waals surface area contributed by atoms with Gasteiger partial charge in [0.25, 0.3) is 0 Å². The fraction of sp³-hybridized carbons (Fsp3) is 0.391. The lowest BCUT2D eigenvalue weighted by Gasteiger charge is -2.30. The Morgan fingerprint density at radius 2 is 1.66 bits per heavy atom. The Balaban J connectivity index is 1.81. The molecule has 0 aliphatic heterocycles. The highest BCUT2D eigenvalue weighted by atomic mass is 35.5. The third-order valence-corrected chi connectivity index (χ3v) is 6.17.